The molecule has 4 rings (SSSR count). The van der Waals surface area contributed by atoms with E-state index in [1.807, 2.05) is 72.8 Å². The summed E-state index contributed by atoms with van der Waals surface area (Å²) in [6.45, 7) is 7.52. The number of aromatic nitrogens is 1. The molecular formula is C31H36N4OS. The molecule has 1 aromatic heterocycles. The average Bonchev–Trinajstić information content (AvgIpc) is 3.33. The number of rotatable bonds is 9. The Hall–Kier alpha value is -3.48. The number of carbonyl (C=O) groups is 1. The van der Waals surface area contributed by atoms with Gasteiger partial charge in [-0.05, 0) is 41.7 Å². The maximum atomic E-state index is 13.9. The molecule has 3 aromatic carbocycles. The summed E-state index contributed by atoms with van der Waals surface area (Å²) in [5.74, 6) is -0.00255. The smallest absolute Gasteiger partial charge is 0.243 e. The standard InChI is InChI=1S/C31H36N4OS/c1-31(2,3)28-22-37-30(34-26-12-8-5-9-13-26)35(28)27(19-18-23-10-6-4-7-11-23)29(36)33-21-25-16-14-24(20-32)15-17-25/h4-17,22,27H,18-21,32H2,1-3H3,(H,33,36)/t27-/m1/s1. The molecule has 0 aliphatic heterocycles. The van der Waals surface area contributed by atoms with Crippen LogP contribution in [0.25, 0.3) is 0 Å². The van der Waals surface area contributed by atoms with Gasteiger partial charge in [0.25, 0.3) is 0 Å². The molecule has 6 heteroatoms. The Bertz CT molecular complexity index is 1350. The van der Waals surface area contributed by atoms with E-state index in [0.29, 0.717) is 19.5 Å². The molecule has 0 bridgehead atoms. The van der Waals surface area contributed by atoms with Crippen LogP contribution in [0.2, 0.25) is 0 Å². The van der Waals surface area contributed by atoms with Crippen LogP contribution in [0, 0.1) is 0 Å². The maximum Gasteiger partial charge on any atom is 0.243 e. The average molecular weight is 513 g/mol. The summed E-state index contributed by atoms with van der Waals surface area (Å²) in [4.78, 5) is 19.6. The second kappa shape index (κ2) is 12.2. The predicted octanol–water partition coefficient (Wildman–Crippen LogP) is 6.03. The van der Waals surface area contributed by atoms with E-state index in [9.17, 15) is 4.79 Å². The minimum absolute atomic E-state index is 0.00255. The van der Waals surface area contributed by atoms with Gasteiger partial charge in [-0.3, -0.25) is 4.79 Å². The largest absolute Gasteiger partial charge is 0.350 e. The lowest BCUT2D eigenvalue weighted by Gasteiger charge is -2.27. The Kier molecular flexibility index (Phi) is 8.74. The molecule has 0 aliphatic rings. The SMILES string of the molecule is CC(C)(C)c1csc(=Nc2ccccc2)n1[C@H](CCc1ccccc1)C(=O)NCc1ccc(CN)cc1. The number of aryl methyl sites for hydroxylation is 1. The van der Waals surface area contributed by atoms with Crippen LogP contribution in [-0.2, 0) is 29.7 Å². The Balaban J connectivity index is 1.71. The number of thiazole rings is 1. The molecule has 0 aliphatic carbocycles. The first kappa shape index (κ1) is 26.6. The van der Waals surface area contributed by atoms with Crippen molar-refractivity contribution in [3.8, 4) is 0 Å². The van der Waals surface area contributed by atoms with E-state index in [4.69, 9.17) is 10.7 Å². The van der Waals surface area contributed by atoms with Crippen molar-refractivity contribution in [1.29, 1.82) is 0 Å². The predicted molar refractivity (Wildman–Crippen MR) is 153 cm³/mol. The van der Waals surface area contributed by atoms with Gasteiger partial charge >= 0.3 is 0 Å². The fourth-order valence-electron chi connectivity index (χ4n) is 4.28. The summed E-state index contributed by atoms with van der Waals surface area (Å²) in [5.41, 5.74) is 10.9. The number of carbonyl (C=O) groups excluding carboxylic acids is 1. The molecule has 192 valence electrons. The van der Waals surface area contributed by atoms with Crippen LogP contribution >= 0.6 is 11.3 Å². The zero-order valence-corrected chi connectivity index (χ0v) is 22.7. The fourth-order valence-corrected chi connectivity index (χ4v) is 5.46. The van der Waals surface area contributed by atoms with Crippen LogP contribution < -0.4 is 15.9 Å². The van der Waals surface area contributed by atoms with Crippen molar-refractivity contribution in [3.63, 3.8) is 0 Å². The van der Waals surface area contributed by atoms with Gasteiger partial charge in [0.2, 0.25) is 5.91 Å². The van der Waals surface area contributed by atoms with E-state index < -0.39 is 6.04 Å². The maximum absolute atomic E-state index is 13.9. The molecule has 5 nitrogen and oxygen atoms in total. The van der Waals surface area contributed by atoms with Crippen LogP contribution in [0.15, 0.2) is 95.3 Å². The third-order valence-corrected chi connectivity index (χ3v) is 7.22. The molecule has 0 unspecified atom stereocenters. The lowest BCUT2D eigenvalue weighted by Crippen LogP contribution is -2.38. The highest BCUT2D eigenvalue weighted by Crippen LogP contribution is 2.28. The summed E-state index contributed by atoms with van der Waals surface area (Å²) < 4.78 is 2.16. The molecule has 37 heavy (non-hydrogen) atoms. The molecule has 0 saturated heterocycles. The number of hydrogen-bond donors (Lipinski definition) is 2. The van der Waals surface area contributed by atoms with Gasteiger partial charge in [-0.15, -0.1) is 11.3 Å². The van der Waals surface area contributed by atoms with Gasteiger partial charge in [0.15, 0.2) is 4.80 Å². The lowest BCUT2D eigenvalue weighted by atomic mass is 9.92. The zero-order chi connectivity index (χ0) is 26.3. The molecule has 1 heterocycles. The molecule has 3 N–H and O–H groups in total. The number of hydrogen-bond acceptors (Lipinski definition) is 4. The Morgan fingerprint density at radius 1 is 0.919 bits per heavy atom. The van der Waals surface area contributed by atoms with Gasteiger partial charge in [-0.1, -0.05) is 93.6 Å². The molecule has 0 saturated carbocycles. The second-order valence-corrected chi connectivity index (χ2v) is 11.1. The molecule has 0 radical (unpaired) electrons. The van der Waals surface area contributed by atoms with Crippen molar-refractivity contribution < 1.29 is 4.79 Å². The summed E-state index contributed by atoms with van der Waals surface area (Å²) in [6, 6.07) is 27.9. The van der Waals surface area contributed by atoms with E-state index in [2.05, 4.69) is 48.2 Å². The first-order valence-electron chi connectivity index (χ1n) is 12.7. The number of amides is 1. The van der Waals surface area contributed by atoms with Crippen molar-refractivity contribution in [1.82, 2.24) is 9.88 Å². The minimum Gasteiger partial charge on any atom is -0.350 e. The quantitative estimate of drug-likeness (QED) is 0.287. The van der Waals surface area contributed by atoms with Gasteiger partial charge in [-0.2, -0.15) is 0 Å². The third kappa shape index (κ3) is 7.06. The number of para-hydroxylation sites is 1. The highest BCUT2D eigenvalue weighted by molar-refractivity contribution is 7.07. The number of nitrogens with zero attached hydrogens (tertiary/aromatic N) is 2. The molecule has 4 aromatic rings. The third-order valence-electron chi connectivity index (χ3n) is 6.38. The molecule has 0 fully saturated rings. The Labute approximate surface area is 223 Å². The molecule has 0 spiro atoms. The van der Waals surface area contributed by atoms with Gasteiger partial charge in [-0.25, -0.2) is 4.99 Å². The van der Waals surface area contributed by atoms with Crippen LogP contribution in [-0.4, -0.2) is 10.5 Å². The van der Waals surface area contributed by atoms with Crippen molar-refractivity contribution in [2.45, 2.75) is 58.2 Å². The zero-order valence-electron chi connectivity index (χ0n) is 21.9. The second-order valence-electron chi connectivity index (χ2n) is 10.2. The van der Waals surface area contributed by atoms with E-state index >= 15 is 0 Å². The van der Waals surface area contributed by atoms with Crippen molar-refractivity contribution >= 4 is 22.9 Å². The Morgan fingerprint density at radius 3 is 2.16 bits per heavy atom. The number of benzene rings is 3. The summed E-state index contributed by atoms with van der Waals surface area (Å²) in [5, 5.41) is 5.35. The first-order valence-corrected chi connectivity index (χ1v) is 13.6. The molecule has 1 atom stereocenters. The molecular weight excluding hydrogens is 476 g/mol. The normalized spacial score (nSPS) is 12.9. The topological polar surface area (TPSA) is 72.4 Å². The van der Waals surface area contributed by atoms with Crippen LogP contribution in [0.4, 0.5) is 5.69 Å². The monoisotopic (exact) mass is 512 g/mol. The molecule has 1 amide bonds. The number of nitrogens with two attached hydrogens (primary N) is 1. The van der Waals surface area contributed by atoms with Crippen molar-refractivity contribution in [2.75, 3.05) is 0 Å². The summed E-state index contributed by atoms with van der Waals surface area (Å²) in [6.07, 6.45) is 1.46. The van der Waals surface area contributed by atoms with Crippen LogP contribution in [0.1, 0.15) is 55.6 Å². The van der Waals surface area contributed by atoms with Gasteiger partial charge < -0.3 is 15.6 Å². The Morgan fingerprint density at radius 2 is 1.54 bits per heavy atom. The van der Waals surface area contributed by atoms with Crippen molar-refractivity contribution in [3.05, 3.63) is 117 Å². The van der Waals surface area contributed by atoms with Crippen LogP contribution in [0.3, 0.4) is 0 Å². The van der Waals surface area contributed by atoms with Crippen LogP contribution in [0.5, 0.6) is 0 Å². The van der Waals surface area contributed by atoms with E-state index in [1.165, 1.54) is 5.56 Å². The highest BCUT2D eigenvalue weighted by Gasteiger charge is 2.28. The van der Waals surface area contributed by atoms with Gasteiger partial charge in [0.1, 0.15) is 6.04 Å². The highest BCUT2D eigenvalue weighted by atomic mass is 32.1. The fraction of sp³-hybridized carbons (Fsp3) is 0.290. The summed E-state index contributed by atoms with van der Waals surface area (Å²) >= 11 is 1.59. The first-order chi connectivity index (χ1) is 17.8. The van der Waals surface area contributed by atoms with Gasteiger partial charge in [0, 0.05) is 29.6 Å². The lowest BCUT2D eigenvalue weighted by molar-refractivity contribution is -0.124. The minimum atomic E-state index is -0.397. The summed E-state index contributed by atoms with van der Waals surface area (Å²) in [7, 11) is 0. The van der Waals surface area contributed by atoms with E-state index in [0.717, 1.165) is 33.7 Å². The van der Waals surface area contributed by atoms with Crippen molar-refractivity contribution in [2.24, 2.45) is 10.7 Å². The van der Waals surface area contributed by atoms with Gasteiger partial charge in [0.05, 0.1) is 5.69 Å². The van der Waals surface area contributed by atoms with E-state index in [1.54, 1.807) is 11.3 Å². The van der Waals surface area contributed by atoms with E-state index in [-0.39, 0.29) is 11.3 Å². The number of nitrogens with one attached hydrogen (secondary N) is 1.